The molecule has 0 aliphatic rings. The summed E-state index contributed by atoms with van der Waals surface area (Å²) in [5, 5.41) is 10.7. The van der Waals surface area contributed by atoms with Crippen molar-refractivity contribution in [2.45, 2.75) is 25.8 Å². The third-order valence-corrected chi connectivity index (χ3v) is 2.38. The topological polar surface area (TPSA) is 82.0 Å². The van der Waals surface area contributed by atoms with E-state index in [1.807, 2.05) is 6.92 Å². The lowest BCUT2D eigenvalue weighted by molar-refractivity contribution is -0.386. The van der Waals surface area contributed by atoms with Gasteiger partial charge in [-0.25, -0.2) is 0 Å². The highest BCUT2D eigenvalue weighted by Gasteiger charge is 2.15. The van der Waals surface area contributed by atoms with E-state index in [4.69, 9.17) is 5.73 Å². The number of halogens is 1. The van der Waals surface area contributed by atoms with Crippen molar-refractivity contribution in [2.75, 3.05) is 0 Å². The van der Waals surface area contributed by atoms with E-state index in [1.54, 1.807) is 6.20 Å². The third-order valence-electron chi connectivity index (χ3n) is 1.95. The molecule has 6 heteroatoms. The summed E-state index contributed by atoms with van der Waals surface area (Å²) in [7, 11) is 0. The molecule has 0 aliphatic carbocycles. The molecule has 1 atom stereocenters. The van der Waals surface area contributed by atoms with E-state index in [1.165, 1.54) is 6.07 Å². The Kier molecular flexibility index (Phi) is 4.16. The molecule has 2 N–H and O–H groups in total. The molecule has 0 aromatic carbocycles. The van der Waals surface area contributed by atoms with Gasteiger partial charge in [0.05, 0.1) is 4.92 Å². The molecule has 0 saturated carbocycles. The van der Waals surface area contributed by atoms with Crippen molar-refractivity contribution in [1.82, 2.24) is 4.98 Å². The number of nitro groups is 1. The molecule has 0 radical (unpaired) electrons. The summed E-state index contributed by atoms with van der Waals surface area (Å²) >= 11 is 3.15. The zero-order valence-corrected chi connectivity index (χ0v) is 9.90. The van der Waals surface area contributed by atoms with Crippen molar-refractivity contribution in [3.8, 4) is 0 Å². The predicted molar refractivity (Wildman–Crippen MR) is 60.6 cm³/mol. The first-order valence-corrected chi connectivity index (χ1v) is 5.34. The van der Waals surface area contributed by atoms with E-state index >= 15 is 0 Å². The number of aromatic nitrogens is 1. The van der Waals surface area contributed by atoms with Gasteiger partial charge in [0.15, 0.2) is 0 Å². The average molecular weight is 274 g/mol. The monoisotopic (exact) mass is 273 g/mol. The number of nitrogens with two attached hydrogens (primary N) is 1. The van der Waals surface area contributed by atoms with E-state index < -0.39 is 4.92 Å². The van der Waals surface area contributed by atoms with Crippen molar-refractivity contribution in [2.24, 2.45) is 5.73 Å². The van der Waals surface area contributed by atoms with Gasteiger partial charge in [-0.3, -0.25) is 15.1 Å². The molecule has 1 rings (SSSR count). The average Bonchev–Trinajstić information content (AvgIpc) is 2.15. The smallest absolute Gasteiger partial charge is 0.291 e. The van der Waals surface area contributed by atoms with Gasteiger partial charge in [0.25, 0.3) is 5.69 Å². The maximum Gasteiger partial charge on any atom is 0.291 e. The summed E-state index contributed by atoms with van der Waals surface area (Å²) in [6.45, 7) is 1.87. The molecule has 1 heterocycles. The minimum absolute atomic E-state index is 0.0232. The molecule has 82 valence electrons. The van der Waals surface area contributed by atoms with Crippen LogP contribution in [0.3, 0.4) is 0 Å². The van der Waals surface area contributed by atoms with Gasteiger partial charge in [-0.05, 0) is 35.7 Å². The Morgan fingerprint density at radius 2 is 2.40 bits per heavy atom. The number of hydrogen-bond acceptors (Lipinski definition) is 4. The number of nitrogens with zero attached hydrogens (tertiary/aromatic N) is 2. The van der Waals surface area contributed by atoms with Gasteiger partial charge in [0.2, 0.25) is 0 Å². The van der Waals surface area contributed by atoms with Crippen LogP contribution in [0.5, 0.6) is 0 Å². The molecule has 1 aromatic rings. The molecule has 0 unspecified atom stereocenters. The molecule has 0 fully saturated rings. The number of rotatable bonds is 4. The first kappa shape index (κ1) is 12.1. The van der Waals surface area contributed by atoms with Crippen LogP contribution < -0.4 is 5.73 Å². The zero-order chi connectivity index (χ0) is 11.4. The number of aryl methyl sites for hydroxylation is 1. The van der Waals surface area contributed by atoms with E-state index in [-0.39, 0.29) is 11.7 Å². The van der Waals surface area contributed by atoms with Crippen LogP contribution in [-0.2, 0) is 6.42 Å². The number of hydrogen-bond donors (Lipinski definition) is 1. The maximum absolute atomic E-state index is 10.7. The Morgan fingerprint density at radius 1 is 1.73 bits per heavy atom. The number of pyridine rings is 1. The lowest BCUT2D eigenvalue weighted by atomic mass is 10.1. The van der Waals surface area contributed by atoms with E-state index in [9.17, 15) is 10.1 Å². The largest absolute Gasteiger partial charge is 0.328 e. The lowest BCUT2D eigenvalue weighted by Crippen LogP contribution is -2.16. The highest BCUT2D eigenvalue weighted by Crippen LogP contribution is 2.22. The van der Waals surface area contributed by atoms with Crippen LogP contribution in [0.2, 0.25) is 0 Å². The minimum Gasteiger partial charge on any atom is -0.328 e. The van der Waals surface area contributed by atoms with Gasteiger partial charge in [-0.2, -0.15) is 0 Å². The van der Waals surface area contributed by atoms with Crippen LogP contribution in [0.25, 0.3) is 0 Å². The Bertz CT molecular complexity index is 368. The third kappa shape index (κ3) is 3.56. The van der Waals surface area contributed by atoms with E-state index in [0.717, 1.165) is 0 Å². The highest BCUT2D eigenvalue weighted by molar-refractivity contribution is 9.10. The van der Waals surface area contributed by atoms with E-state index in [2.05, 4.69) is 20.9 Å². The van der Waals surface area contributed by atoms with Gasteiger partial charge in [0.1, 0.15) is 5.69 Å². The summed E-state index contributed by atoms with van der Waals surface area (Å²) in [6.07, 6.45) is 2.78. The molecule has 1 aromatic heterocycles. The second kappa shape index (κ2) is 5.18. The molecule has 0 aliphatic heterocycles. The molecule has 0 amide bonds. The lowest BCUT2D eigenvalue weighted by Gasteiger charge is -2.05. The van der Waals surface area contributed by atoms with Crippen LogP contribution in [0.4, 0.5) is 5.69 Å². The molecule has 0 spiro atoms. The molecular formula is C9H12BrN3O2. The SMILES string of the molecule is C[C@H](N)CCc1ncc(Br)cc1[N+](=O)[O-]. The van der Waals surface area contributed by atoms with Gasteiger partial charge in [-0.15, -0.1) is 0 Å². The second-order valence-electron chi connectivity index (χ2n) is 3.39. The predicted octanol–water partition coefficient (Wildman–Crippen LogP) is 2.03. The summed E-state index contributed by atoms with van der Waals surface area (Å²) in [4.78, 5) is 14.3. The summed E-state index contributed by atoms with van der Waals surface area (Å²) in [5.41, 5.74) is 6.12. The fourth-order valence-corrected chi connectivity index (χ4v) is 1.49. The highest BCUT2D eigenvalue weighted by atomic mass is 79.9. The van der Waals surface area contributed by atoms with Crippen molar-refractivity contribution in [1.29, 1.82) is 0 Å². The minimum atomic E-state index is -0.422. The van der Waals surface area contributed by atoms with Crippen molar-refractivity contribution in [3.63, 3.8) is 0 Å². The molecule has 15 heavy (non-hydrogen) atoms. The van der Waals surface area contributed by atoms with Crippen LogP contribution in [0.1, 0.15) is 19.0 Å². The summed E-state index contributed by atoms with van der Waals surface area (Å²) in [6, 6.07) is 1.49. The second-order valence-corrected chi connectivity index (χ2v) is 4.31. The van der Waals surface area contributed by atoms with Gasteiger partial charge in [-0.1, -0.05) is 0 Å². The van der Waals surface area contributed by atoms with Crippen LogP contribution in [0, 0.1) is 10.1 Å². The zero-order valence-electron chi connectivity index (χ0n) is 8.31. The van der Waals surface area contributed by atoms with Gasteiger partial charge < -0.3 is 5.73 Å². The fourth-order valence-electron chi connectivity index (χ4n) is 1.17. The van der Waals surface area contributed by atoms with Crippen LogP contribution >= 0.6 is 15.9 Å². The summed E-state index contributed by atoms with van der Waals surface area (Å²) < 4.78 is 0.610. The molecule has 0 saturated heterocycles. The van der Waals surface area contributed by atoms with Crippen LogP contribution in [0.15, 0.2) is 16.7 Å². The van der Waals surface area contributed by atoms with Gasteiger partial charge in [0, 0.05) is 22.8 Å². The first-order valence-electron chi connectivity index (χ1n) is 4.55. The Morgan fingerprint density at radius 3 is 2.93 bits per heavy atom. The first-order chi connectivity index (χ1) is 7.00. The Hall–Kier alpha value is -1.01. The standard InChI is InChI=1S/C9H12BrN3O2/c1-6(11)2-3-8-9(13(14)15)4-7(10)5-12-8/h4-6H,2-3,11H2,1H3/t6-/m0/s1. The Balaban J connectivity index is 2.91. The van der Waals surface area contributed by atoms with Gasteiger partial charge >= 0.3 is 0 Å². The molecule has 0 bridgehead atoms. The molecular weight excluding hydrogens is 262 g/mol. The van der Waals surface area contributed by atoms with Crippen molar-refractivity contribution < 1.29 is 4.92 Å². The van der Waals surface area contributed by atoms with Crippen molar-refractivity contribution in [3.05, 3.63) is 32.5 Å². The quantitative estimate of drug-likeness (QED) is 0.672. The maximum atomic E-state index is 10.7. The molecule has 5 nitrogen and oxygen atoms in total. The fraction of sp³-hybridized carbons (Fsp3) is 0.444. The Labute approximate surface area is 96.0 Å². The van der Waals surface area contributed by atoms with E-state index in [0.29, 0.717) is 23.0 Å². The normalized spacial score (nSPS) is 12.5. The van der Waals surface area contributed by atoms with Crippen LogP contribution in [-0.4, -0.2) is 15.9 Å². The summed E-state index contributed by atoms with van der Waals surface area (Å²) in [5.74, 6) is 0. The van der Waals surface area contributed by atoms with Crippen molar-refractivity contribution >= 4 is 21.6 Å².